The summed E-state index contributed by atoms with van der Waals surface area (Å²) in [4.78, 5) is 12.9. The normalized spacial score (nSPS) is 14.5. The molecule has 2 aromatic rings. The van der Waals surface area contributed by atoms with Crippen LogP contribution in [0.15, 0.2) is 47.4 Å². The Morgan fingerprint density at radius 3 is 2.32 bits per heavy atom. The maximum Gasteiger partial charge on any atom is 0.293 e. The molecule has 0 bridgehead atoms. The molecule has 0 unspecified atom stereocenters. The van der Waals surface area contributed by atoms with Gasteiger partial charge in [-0.05, 0) is 44.0 Å². The highest BCUT2D eigenvalue weighted by atomic mass is 32.2. The first-order chi connectivity index (χ1) is 11.9. The molecule has 0 aliphatic carbocycles. The molecule has 3 rings (SSSR count). The van der Waals surface area contributed by atoms with E-state index in [9.17, 15) is 18.5 Å². The third-order valence-electron chi connectivity index (χ3n) is 4.22. The van der Waals surface area contributed by atoms with E-state index in [1.165, 1.54) is 24.3 Å². The molecular weight excluding hydrogens is 342 g/mol. The third-order valence-corrected chi connectivity index (χ3v) is 5.61. The first-order valence-electron chi connectivity index (χ1n) is 8.00. The Morgan fingerprint density at radius 2 is 1.72 bits per heavy atom. The van der Waals surface area contributed by atoms with E-state index in [0.29, 0.717) is 0 Å². The molecule has 1 fully saturated rings. The van der Waals surface area contributed by atoms with Crippen LogP contribution in [0.25, 0.3) is 0 Å². The third kappa shape index (κ3) is 3.74. The van der Waals surface area contributed by atoms with Crippen molar-refractivity contribution in [2.45, 2.75) is 24.7 Å². The molecule has 0 saturated carbocycles. The van der Waals surface area contributed by atoms with Gasteiger partial charge in [0.25, 0.3) is 15.7 Å². The average Bonchev–Trinajstić information content (AvgIpc) is 3.09. The van der Waals surface area contributed by atoms with Gasteiger partial charge in [-0.1, -0.05) is 17.7 Å². The molecule has 1 heterocycles. The minimum atomic E-state index is -3.90. The molecule has 0 spiro atoms. The zero-order valence-corrected chi connectivity index (χ0v) is 14.6. The maximum atomic E-state index is 12.6. The average molecular weight is 361 g/mol. The zero-order chi connectivity index (χ0) is 18.0. The molecular formula is C17H19N3O4S. The molecule has 1 N–H and O–H groups in total. The van der Waals surface area contributed by atoms with E-state index >= 15 is 0 Å². The predicted molar refractivity (Wildman–Crippen MR) is 96.5 cm³/mol. The van der Waals surface area contributed by atoms with Crippen LogP contribution in [0.5, 0.6) is 0 Å². The van der Waals surface area contributed by atoms with E-state index in [0.717, 1.165) is 37.2 Å². The molecule has 1 saturated heterocycles. The fraction of sp³-hybridized carbons (Fsp3) is 0.294. The molecule has 132 valence electrons. The van der Waals surface area contributed by atoms with Crippen molar-refractivity contribution in [3.63, 3.8) is 0 Å². The summed E-state index contributed by atoms with van der Waals surface area (Å²) in [6.07, 6.45) is 2.11. The van der Waals surface area contributed by atoms with Gasteiger partial charge in [0, 0.05) is 24.8 Å². The van der Waals surface area contributed by atoms with Crippen LogP contribution in [0.4, 0.5) is 17.1 Å². The van der Waals surface area contributed by atoms with Gasteiger partial charge in [-0.2, -0.15) is 0 Å². The van der Waals surface area contributed by atoms with Gasteiger partial charge in [-0.3, -0.25) is 14.8 Å². The number of nitro benzene ring substituents is 1. The van der Waals surface area contributed by atoms with Crippen LogP contribution in [0.1, 0.15) is 18.4 Å². The first kappa shape index (κ1) is 17.2. The minimum absolute atomic E-state index is 0.0185. The van der Waals surface area contributed by atoms with Gasteiger partial charge in [0.15, 0.2) is 0 Å². The fourth-order valence-electron chi connectivity index (χ4n) is 2.86. The Morgan fingerprint density at radius 1 is 1.08 bits per heavy atom. The van der Waals surface area contributed by atoms with Crippen molar-refractivity contribution in [1.29, 1.82) is 0 Å². The van der Waals surface area contributed by atoms with Crippen molar-refractivity contribution in [2.24, 2.45) is 0 Å². The second kappa shape index (κ2) is 6.72. The molecule has 0 amide bonds. The molecule has 1 aliphatic rings. The number of hydrogen-bond acceptors (Lipinski definition) is 5. The van der Waals surface area contributed by atoms with Gasteiger partial charge in [0.2, 0.25) is 0 Å². The van der Waals surface area contributed by atoms with Crippen molar-refractivity contribution in [1.82, 2.24) is 0 Å². The summed E-state index contributed by atoms with van der Waals surface area (Å²) in [6, 6.07) is 10.9. The Labute approximate surface area is 146 Å². The molecule has 2 aromatic carbocycles. The number of nitrogens with one attached hydrogen (secondary N) is 1. The van der Waals surface area contributed by atoms with E-state index in [2.05, 4.69) is 9.62 Å². The van der Waals surface area contributed by atoms with Gasteiger partial charge >= 0.3 is 0 Å². The molecule has 0 aromatic heterocycles. The summed E-state index contributed by atoms with van der Waals surface area (Å²) >= 11 is 0. The van der Waals surface area contributed by atoms with Crippen LogP contribution in [0, 0.1) is 17.0 Å². The number of hydrogen-bond donors (Lipinski definition) is 1. The number of rotatable bonds is 5. The van der Waals surface area contributed by atoms with Crippen molar-refractivity contribution in [2.75, 3.05) is 22.7 Å². The summed E-state index contributed by atoms with van der Waals surface area (Å²) in [5.74, 6) is 0. The quantitative estimate of drug-likeness (QED) is 0.651. The number of sulfonamides is 1. The Bertz CT molecular complexity index is 889. The highest BCUT2D eigenvalue weighted by Crippen LogP contribution is 2.32. The van der Waals surface area contributed by atoms with E-state index in [-0.39, 0.29) is 16.3 Å². The van der Waals surface area contributed by atoms with E-state index < -0.39 is 14.9 Å². The summed E-state index contributed by atoms with van der Waals surface area (Å²) < 4.78 is 27.5. The summed E-state index contributed by atoms with van der Waals surface area (Å²) in [5, 5.41) is 11.3. The SMILES string of the molecule is Cc1ccc(S(=O)(=O)Nc2cc(N3CCCC3)ccc2[N+](=O)[O-])cc1. The van der Waals surface area contributed by atoms with Crippen LogP contribution < -0.4 is 9.62 Å². The van der Waals surface area contributed by atoms with E-state index in [1.54, 1.807) is 18.2 Å². The number of aryl methyl sites for hydroxylation is 1. The summed E-state index contributed by atoms with van der Waals surface area (Å²) in [7, 11) is -3.90. The van der Waals surface area contributed by atoms with Crippen LogP contribution in [-0.4, -0.2) is 26.4 Å². The zero-order valence-electron chi connectivity index (χ0n) is 13.8. The maximum absolute atomic E-state index is 12.6. The minimum Gasteiger partial charge on any atom is -0.371 e. The van der Waals surface area contributed by atoms with Gasteiger partial charge in [-0.25, -0.2) is 8.42 Å². The monoisotopic (exact) mass is 361 g/mol. The van der Waals surface area contributed by atoms with Crippen LogP contribution in [0.3, 0.4) is 0 Å². The summed E-state index contributed by atoms with van der Waals surface area (Å²) in [5.41, 5.74) is 1.43. The van der Waals surface area contributed by atoms with Crippen LogP contribution in [0.2, 0.25) is 0 Å². The molecule has 1 aliphatic heterocycles. The molecule has 8 heteroatoms. The Kier molecular flexibility index (Phi) is 4.63. The lowest BCUT2D eigenvalue weighted by Crippen LogP contribution is -2.19. The lowest BCUT2D eigenvalue weighted by Gasteiger charge is -2.18. The standard InChI is InChI=1S/C17H19N3O4S/c1-13-4-7-15(8-5-13)25(23,24)18-16-12-14(19-10-2-3-11-19)6-9-17(16)20(21)22/h4-9,12,18H,2-3,10-11H2,1H3. The van der Waals surface area contributed by atoms with E-state index in [1.807, 2.05) is 6.92 Å². The van der Waals surface area contributed by atoms with E-state index in [4.69, 9.17) is 0 Å². The Balaban J connectivity index is 1.97. The lowest BCUT2D eigenvalue weighted by molar-refractivity contribution is -0.383. The topological polar surface area (TPSA) is 92.6 Å². The predicted octanol–water partition coefficient (Wildman–Crippen LogP) is 3.30. The Hall–Kier alpha value is -2.61. The second-order valence-electron chi connectivity index (χ2n) is 6.07. The van der Waals surface area contributed by atoms with Gasteiger partial charge in [0.1, 0.15) is 5.69 Å². The number of anilines is 2. The summed E-state index contributed by atoms with van der Waals surface area (Å²) in [6.45, 7) is 3.58. The number of benzene rings is 2. The fourth-order valence-corrected chi connectivity index (χ4v) is 3.92. The van der Waals surface area contributed by atoms with Crippen LogP contribution in [-0.2, 0) is 10.0 Å². The first-order valence-corrected chi connectivity index (χ1v) is 9.48. The van der Waals surface area contributed by atoms with Crippen LogP contribution >= 0.6 is 0 Å². The highest BCUT2D eigenvalue weighted by Gasteiger charge is 2.23. The highest BCUT2D eigenvalue weighted by molar-refractivity contribution is 7.92. The smallest absolute Gasteiger partial charge is 0.293 e. The van der Waals surface area contributed by atoms with Gasteiger partial charge < -0.3 is 4.90 Å². The van der Waals surface area contributed by atoms with Gasteiger partial charge in [-0.15, -0.1) is 0 Å². The molecule has 0 radical (unpaired) electrons. The van der Waals surface area contributed by atoms with Crippen molar-refractivity contribution in [3.05, 3.63) is 58.1 Å². The number of nitro groups is 1. The largest absolute Gasteiger partial charge is 0.371 e. The number of nitrogens with zero attached hydrogens (tertiary/aromatic N) is 2. The van der Waals surface area contributed by atoms with Crippen molar-refractivity contribution < 1.29 is 13.3 Å². The molecule has 0 atom stereocenters. The lowest BCUT2D eigenvalue weighted by atomic mass is 10.2. The molecule has 25 heavy (non-hydrogen) atoms. The second-order valence-corrected chi connectivity index (χ2v) is 7.75. The van der Waals surface area contributed by atoms with Crippen molar-refractivity contribution >= 4 is 27.1 Å². The van der Waals surface area contributed by atoms with Gasteiger partial charge in [0.05, 0.1) is 9.82 Å². The van der Waals surface area contributed by atoms with Crippen molar-refractivity contribution in [3.8, 4) is 0 Å². The molecule has 7 nitrogen and oxygen atoms in total.